The van der Waals surface area contributed by atoms with Crippen molar-refractivity contribution in [2.24, 2.45) is 0 Å². The molecule has 0 radical (unpaired) electrons. The highest BCUT2D eigenvalue weighted by molar-refractivity contribution is 5.92. The minimum absolute atomic E-state index is 0.287. The predicted molar refractivity (Wildman–Crippen MR) is 94.3 cm³/mol. The van der Waals surface area contributed by atoms with Crippen LogP contribution in [0, 0.1) is 0 Å². The van der Waals surface area contributed by atoms with E-state index in [1.54, 1.807) is 7.11 Å². The van der Waals surface area contributed by atoms with Crippen molar-refractivity contribution in [2.75, 3.05) is 25.6 Å². The van der Waals surface area contributed by atoms with Crippen molar-refractivity contribution in [3.05, 3.63) is 30.5 Å². The molecule has 0 spiro atoms. The summed E-state index contributed by atoms with van der Waals surface area (Å²) < 4.78 is 7.23. The Balaban J connectivity index is 1.62. The van der Waals surface area contributed by atoms with E-state index in [0.717, 1.165) is 48.8 Å². The number of aliphatic hydroxyl groups is 1. The van der Waals surface area contributed by atoms with Crippen LogP contribution in [-0.2, 0) is 11.3 Å². The monoisotopic (exact) mass is 331 g/mol. The van der Waals surface area contributed by atoms with Gasteiger partial charge in [0.05, 0.1) is 17.7 Å². The molecule has 1 heterocycles. The average molecular weight is 331 g/mol. The topological polar surface area (TPSA) is 75.5 Å². The number of carbonyl (C=O) groups excluding carboxylic acids is 1. The van der Waals surface area contributed by atoms with E-state index in [9.17, 15) is 9.90 Å². The SMILES string of the molecule is COCCn1ccc2ccc(NC(=O)NCC3(O)CCCC3)cc21. The number of methoxy groups -OCH3 is 1. The molecule has 3 rings (SSSR count). The van der Waals surface area contributed by atoms with E-state index in [0.29, 0.717) is 13.2 Å². The van der Waals surface area contributed by atoms with Crippen LogP contribution >= 0.6 is 0 Å². The highest BCUT2D eigenvalue weighted by Crippen LogP contribution is 2.28. The van der Waals surface area contributed by atoms with Gasteiger partial charge in [0.15, 0.2) is 0 Å². The third-order valence-electron chi connectivity index (χ3n) is 4.68. The minimum Gasteiger partial charge on any atom is -0.388 e. The van der Waals surface area contributed by atoms with Crippen molar-refractivity contribution in [1.29, 1.82) is 0 Å². The summed E-state index contributed by atoms with van der Waals surface area (Å²) in [5.74, 6) is 0. The summed E-state index contributed by atoms with van der Waals surface area (Å²) in [5.41, 5.74) is 1.05. The third-order valence-corrected chi connectivity index (χ3v) is 4.68. The van der Waals surface area contributed by atoms with Crippen molar-refractivity contribution in [3.8, 4) is 0 Å². The van der Waals surface area contributed by atoms with Crippen molar-refractivity contribution in [3.63, 3.8) is 0 Å². The van der Waals surface area contributed by atoms with E-state index in [1.807, 2.05) is 30.5 Å². The fourth-order valence-electron chi connectivity index (χ4n) is 3.28. The van der Waals surface area contributed by atoms with Crippen LogP contribution in [0.15, 0.2) is 30.5 Å². The van der Waals surface area contributed by atoms with Gasteiger partial charge in [-0.25, -0.2) is 4.79 Å². The molecule has 24 heavy (non-hydrogen) atoms. The van der Waals surface area contributed by atoms with Gasteiger partial charge in [-0.15, -0.1) is 0 Å². The van der Waals surface area contributed by atoms with Gasteiger partial charge in [-0.05, 0) is 36.4 Å². The number of hydrogen-bond acceptors (Lipinski definition) is 3. The molecule has 0 atom stereocenters. The first kappa shape index (κ1) is 16.8. The van der Waals surface area contributed by atoms with Gasteiger partial charge in [0.1, 0.15) is 0 Å². The molecule has 6 nitrogen and oxygen atoms in total. The van der Waals surface area contributed by atoms with Crippen LogP contribution in [-0.4, -0.2) is 41.6 Å². The van der Waals surface area contributed by atoms with Crippen LogP contribution in [0.2, 0.25) is 0 Å². The molecule has 130 valence electrons. The van der Waals surface area contributed by atoms with Crippen LogP contribution in [0.5, 0.6) is 0 Å². The van der Waals surface area contributed by atoms with E-state index in [4.69, 9.17) is 4.74 Å². The van der Waals surface area contributed by atoms with E-state index >= 15 is 0 Å². The molecule has 1 aromatic heterocycles. The summed E-state index contributed by atoms with van der Waals surface area (Å²) in [6.07, 6.45) is 5.57. The molecular weight excluding hydrogens is 306 g/mol. The van der Waals surface area contributed by atoms with Gasteiger partial charge in [-0.3, -0.25) is 0 Å². The Morgan fingerprint density at radius 2 is 2.12 bits per heavy atom. The Bertz CT molecular complexity index is 705. The number of amides is 2. The Hall–Kier alpha value is -2.05. The van der Waals surface area contributed by atoms with Gasteiger partial charge < -0.3 is 25.0 Å². The van der Waals surface area contributed by atoms with Gasteiger partial charge in [0.2, 0.25) is 0 Å². The molecule has 0 aliphatic heterocycles. The molecule has 2 amide bonds. The molecule has 1 saturated carbocycles. The van der Waals surface area contributed by atoms with Crippen molar-refractivity contribution in [1.82, 2.24) is 9.88 Å². The van der Waals surface area contributed by atoms with Crippen LogP contribution in [0.1, 0.15) is 25.7 Å². The number of hydrogen-bond donors (Lipinski definition) is 3. The van der Waals surface area contributed by atoms with Crippen molar-refractivity contribution in [2.45, 2.75) is 37.8 Å². The lowest BCUT2D eigenvalue weighted by molar-refractivity contribution is 0.0506. The molecule has 0 bridgehead atoms. The number of rotatable bonds is 6. The van der Waals surface area contributed by atoms with Gasteiger partial charge in [0, 0.05) is 32.1 Å². The second kappa shape index (κ2) is 7.23. The molecule has 0 saturated heterocycles. The zero-order chi connectivity index (χ0) is 17.0. The maximum atomic E-state index is 12.1. The maximum absolute atomic E-state index is 12.1. The molecule has 1 fully saturated rings. The Morgan fingerprint density at radius 3 is 2.88 bits per heavy atom. The number of anilines is 1. The number of fused-ring (bicyclic) bond motifs is 1. The standard InChI is InChI=1S/C18H25N3O3/c1-24-11-10-21-9-6-14-4-5-15(12-16(14)21)20-17(22)19-13-18(23)7-2-3-8-18/h4-6,9,12,23H,2-3,7-8,10-11,13H2,1H3,(H2,19,20,22). The van der Waals surface area contributed by atoms with Gasteiger partial charge in [0.25, 0.3) is 0 Å². The number of nitrogens with zero attached hydrogens (tertiary/aromatic N) is 1. The number of nitrogens with one attached hydrogen (secondary N) is 2. The van der Waals surface area contributed by atoms with Gasteiger partial charge in [-0.1, -0.05) is 18.9 Å². The molecule has 1 aliphatic rings. The highest BCUT2D eigenvalue weighted by atomic mass is 16.5. The molecule has 3 N–H and O–H groups in total. The minimum atomic E-state index is -0.740. The Kier molecular flexibility index (Phi) is 5.06. The summed E-state index contributed by atoms with van der Waals surface area (Å²) in [7, 11) is 1.68. The number of benzene rings is 1. The zero-order valence-corrected chi connectivity index (χ0v) is 14.0. The van der Waals surface area contributed by atoms with E-state index in [-0.39, 0.29) is 6.03 Å². The highest BCUT2D eigenvalue weighted by Gasteiger charge is 2.31. The van der Waals surface area contributed by atoms with E-state index < -0.39 is 5.60 Å². The Morgan fingerprint density at radius 1 is 1.33 bits per heavy atom. The van der Waals surface area contributed by atoms with Crippen LogP contribution in [0.4, 0.5) is 10.5 Å². The first-order valence-corrected chi connectivity index (χ1v) is 8.45. The maximum Gasteiger partial charge on any atom is 0.319 e. The van der Waals surface area contributed by atoms with Crippen molar-refractivity contribution >= 4 is 22.6 Å². The fourth-order valence-corrected chi connectivity index (χ4v) is 3.28. The first-order valence-electron chi connectivity index (χ1n) is 8.45. The summed E-state index contributed by atoms with van der Waals surface area (Å²) >= 11 is 0. The lowest BCUT2D eigenvalue weighted by Gasteiger charge is -2.22. The zero-order valence-electron chi connectivity index (χ0n) is 14.0. The summed E-state index contributed by atoms with van der Waals surface area (Å²) in [6.45, 7) is 1.70. The van der Waals surface area contributed by atoms with Gasteiger partial charge >= 0.3 is 6.03 Å². The van der Waals surface area contributed by atoms with Crippen LogP contribution in [0.3, 0.4) is 0 Å². The number of ether oxygens (including phenoxy) is 1. The third kappa shape index (κ3) is 3.88. The first-order chi connectivity index (χ1) is 11.6. The molecule has 1 aliphatic carbocycles. The molecule has 6 heteroatoms. The number of aromatic nitrogens is 1. The molecule has 1 aromatic carbocycles. The van der Waals surface area contributed by atoms with Crippen LogP contribution < -0.4 is 10.6 Å². The second-order valence-electron chi connectivity index (χ2n) is 6.51. The van der Waals surface area contributed by atoms with E-state index in [2.05, 4.69) is 15.2 Å². The lowest BCUT2D eigenvalue weighted by Crippen LogP contribution is -2.42. The van der Waals surface area contributed by atoms with Crippen molar-refractivity contribution < 1.29 is 14.6 Å². The van der Waals surface area contributed by atoms with E-state index in [1.165, 1.54) is 0 Å². The smallest absolute Gasteiger partial charge is 0.319 e. The molecule has 2 aromatic rings. The summed E-state index contributed by atoms with van der Waals surface area (Å²) in [6, 6.07) is 7.58. The number of urea groups is 1. The fraction of sp³-hybridized carbons (Fsp3) is 0.500. The Labute approximate surface area is 141 Å². The number of carbonyl (C=O) groups is 1. The largest absolute Gasteiger partial charge is 0.388 e. The normalized spacial score (nSPS) is 16.4. The quantitative estimate of drug-likeness (QED) is 0.762. The van der Waals surface area contributed by atoms with Gasteiger partial charge in [-0.2, -0.15) is 0 Å². The lowest BCUT2D eigenvalue weighted by atomic mass is 10.0. The second-order valence-corrected chi connectivity index (χ2v) is 6.51. The van der Waals surface area contributed by atoms with Crippen LogP contribution in [0.25, 0.3) is 10.9 Å². The summed E-state index contributed by atoms with van der Waals surface area (Å²) in [4.78, 5) is 12.1. The summed E-state index contributed by atoms with van der Waals surface area (Å²) in [5, 5.41) is 17.0. The average Bonchev–Trinajstić information content (AvgIpc) is 3.18. The predicted octanol–water partition coefficient (Wildman–Crippen LogP) is 2.71. The molecule has 0 unspecified atom stereocenters. The molecular formula is C18H25N3O3.